The highest BCUT2D eigenvalue weighted by molar-refractivity contribution is 7.91. The van der Waals surface area contributed by atoms with Gasteiger partial charge in [-0.2, -0.15) is 0 Å². The molecule has 30 heavy (non-hydrogen) atoms. The van der Waals surface area contributed by atoms with Gasteiger partial charge in [0.05, 0.1) is 29.7 Å². The first kappa shape index (κ1) is 19.1. The summed E-state index contributed by atoms with van der Waals surface area (Å²) in [5, 5.41) is 0.795. The average Bonchev–Trinajstić information content (AvgIpc) is 3.12. The van der Waals surface area contributed by atoms with Crippen LogP contribution in [0.3, 0.4) is 0 Å². The quantitative estimate of drug-likeness (QED) is 0.594. The number of benzene rings is 2. The maximum atomic E-state index is 12.8. The first-order chi connectivity index (χ1) is 14.4. The zero-order valence-electron chi connectivity index (χ0n) is 16.5. The van der Waals surface area contributed by atoms with E-state index in [1.807, 2.05) is 35.2 Å². The molecule has 0 spiro atoms. The summed E-state index contributed by atoms with van der Waals surface area (Å²) in [6, 6.07) is 12.7. The van der Waals surface area contributed by atoms with Gasteiger partial charge in [0.2, 0.25) is 0 Å². The molecule has 0 amide bonds. The van der Waals surface area contributed by atoms with Crippen molar-refractivity contribution in [2.24, 2.45) is 0 Å². The van der Waals surface area contributed by atoms with Crippen LogP contribution in [-0.2, 0) is 16.4 Å². The third kappa shape index (κ3) is 3.36. The average molecular weight is 427 g/mol. The Morgan fingerprint density at radius 2 is 1.93 bits per heavy atom. The summed E-state index contributed by atoms with van der Waals surface area (Å²) in [4.78, 5) is 14.8. The SMILES string of the molecule is COc1ccc(-c2cc3ccc4c(c3oc2=O)CN([C@H]2CCS(=O)(=O)C2)CO4)cc1. The molecule has 0 bridgehead atoms. The number of nitrogens with zero attached hydrogens (tertiary/aromatic N) is 1. The van der Waals surface area contributed by atoms with E-state index in [0.717, 1.165) is 16.5 Å². The molecule has 0 N–H and O–H groups in total. The number of fused-ring (bicyclic) bond motifs is 3. The summed E-state index contributed by atoms with van der Waals surface area (Å²) in [5.74, 6) is 1.72. The van der Waals surface area contributed by atoms with Gasteiger partial charge in [-0.25, -0.2) is 13.2 Å². The molecule has 3 aromatic rings. The molecule has 0 unspecified atom stereocenters. The predicted octanol–water partition coefficient (Wildman–Crippen LogP) is 2.81. The minimum absolute atomic E-state index is 0.0799. The van der Waals surface area contributed by atoms with Gasteiger partial charge < -0.3 is 13.9 Å². The maximum absolute atomic E-state index is 12.8. The molecule has 5 rings (SSSR count). The second kappa shape index (κ2) is 7.14. The van der Waals surface area contributed by atoms with Crippen LogP contribution in [0.1, 0.15) is 12.0 Å². The van der Waals surface area contributed by atoms with Crippen molar-refractivity contribution in [3.05, 3.63) is 58.4 Å². The van der Waals surface area contributed by atoms with E-state index < -0.39 is 15.5 Å². The normalized spacial score (nSPS) is 20.6. The second-order valence-corrected chi connectivity index (χ2v) is 9.94. The van der Waals surface area contributed by atoms with E-state index in [2.05, 4.69) is 0 Å². The summed E-state index contributed by atoms with van der Waals surface area (Å²) >= 11 is 0. The van der Waals surface area contributed by atoms with E-state index >= 15 is 0 Å². The molecule has 2 aromatic carbocycles. The highest BCUT2D eigenvalue weighted by atomic mass is 32.2. The van der Waals surface area contributed by atoms with Crippen molar-refractivity contribution in [3.8, 4) is 22.6 Å². The lowest BCUT2D eigenvalue weighted by Gasteiger charge is -2.33. The van der Waals surface area contributed by atoms with Crippen molar-refractivity contribution in [2.45, 2.75) is 19.0 Å². The predicted molar refractivity (Wildman–Crippen MR) is 113 cm³/mol. The topological polar surface area (TPSA) is 86.0 Å². The summed E-state index contributed by atoms with van der Waals surface area (Å²) in [5.41, 5.74) is 2.06. The van der Waals surface area contributed by atoms with E-state index in [1.165, 1.54) is 0 Å². The molecular formula is C22H21NO6S. The Morgan fingerprint density at radius 3 is 2.63 bits per heavy atom. The molecule has 2 aliphatic rings. The summed E-state index contributed by atoms with van der Waals surface area (Å²) in [7, 11) is -1.40. The Balaban J connectivity index is 1.53. The van der Waals surface area contributed by atoms with Gasteiger partial charge in [-0.3, -0.25) is 4.90 Å². The first-order valence-electron chi connectivity index (χ1n) is 9.75. The number of hydrogen-bond acceptors (Lipinski definition) is 7. The fraction of sp³-hybridized carbons (Fsp3) is 0.318. The van der Waals surface area contributed by atoms with Gasteiger partial charge in [-0.05, 0) is 42.3 Å². The van der Waals surface area contributed by atoms with Gasteiger partial charge in [0.25, 0.3) is 0 Å². The Labute approximate surface area is 173 Å². The summed E-state index contributed by atoms with van der Waals surface area (Å²) < 4.78 is 40.5. The molecule has 0 radical (unpaired) electrons. The van der Waals surface area contributed by atoms with Crippen LogP contribution in [0.15, 0.2) is 51.7 Å². The van der Waals surface area contributed by atoms with Gasteiger partial charge in [0.1, 0.15) is 23.8 Å². The molecule has 8 heteroatoms. The number of ether oxygens (including phenoxy) is 2. The molecule has 3 heterocycles. The van der Waals surface area contributed by atoms with Crippen molar-refractivity contribution in [1.82, 2.24) is 4.90 Å². The number of sulfone groups is 1. The standard InChI is InChI=1S/C22H21NO6S/c1-27-17-5-2-14(3-6-17)18-10-15-4-7-20-19(21(15)29-22(18)24)11-23(13-28-20)16-8-9-30(25,26)12-16/h2-7,10,16H,8-9,11-13H2,1H3/t16-/m0/s1. The highest BCUT2D eigenvalue weighted by Crippen LogP contribution is 2.35. The Kier molecular flexibility index (Phi) is 4.56. The van der Waals surface area contributed by atoms with Crippen LogP contribution in [0.5, 0.6) is 11.5 Å². The molecule has 156 valence electrons. The van der Waals surface area contributed by atoms with Crippen LogP contribution >= 0.6 is 0 Å². The highest BCUT2D eigenvalue weighted by Gasteiger charge is 2.35. The molecule has 1 saturated heterocycles. The lowest BCUT2D eigenvalue weighted by molar-refractivity contribution is 0.0649. The molecule has 0 aliphatic carbocycles. The van der Waals surface area contributed by atoms with Crippen LogP contribution in [0, 0.1) is 0 Å². The van der Waals surface area contributed by atoms with Crippen molar-refractivity contribution < 1.29 is 22.3 Å². The largest absolute Gasteiger partial charge is 0.497 e. The van der Waals surface area contributed by atoms with Gasteiger partial charge in [-0.1, -0.05) is 12.1 Å². The molecule has 0 saturated carbocycles. The van der Waals surface area contributed by atoms with Crippen molar-refractivity contribution >= 4 is 20.8 Å². The molecule has 7 nitrogen and oxygen atoms in total. The monoisotopic (exact) mass is 427 g/mol. The molecular weight excluding hydrogens is 406 g/mol. The maximum Gasteiger partial charge on any atom is 0.344 e. The van der Waals surface area contributed by atoms with E-state index in [0.29, 0.717) is 42.3 Å². The van der Waals surface area contributed by atoms with Crippen LogP contribution in [0.25, 0.3) is 22.1 Å². The van der Waals surface area contributed by atoms with Gasteiger partial charge in [0.15, 0.2) is 9.84 Å². The lowest BCUT2D eigenvalue weighted by Crippen LogP contribution is -2.41. The van der Waals surface area contributed by atoms with E-state index in [1.54, 1.807) is 19.2 Å². The van der Waals surface area contributed by atoms with E-state index in [-0.39, 0.29) is 17.5 Å². The Morgan fingerprint density at radius 1 is 1.13 bits per heavy atom. The molecule has 1 fully saturated rings. The van der Waals surface area contributed by atoms with Crippen LogP contribution in [0.2, 0.25) is 0 Å². The number of hydrogen-bond donors (Lipinski definition) is 0. The molecule has 1 aromatic heterocycles. The minimum Gasteiger partial charge on any atom is -0.497 e. The van der Waals surface area contributed by atoms with Crippen molar-refractivity contribution in [3.63, 3.8) is 0 Å². The Hall–Kier alpha value is -2.84. The smallest absolute Gasteiger partial charge is 0.344 e. The van der Waals surface area contributed by atoms with Crippen LogP contribution < -0.4 is 15.1 Å². The Bertz CT molecular complexity index is 1280. The van der Waals surface area contributed by atoms with E-state index in [9.17, 15) is 13.2 Å². The number of rotatable bonds is 3. The fourth-order valence-electron chi connectivity index (χ4n) is 4.18. The fourth-order valence-corrected chi connectivity index (χ4v) is 5.94. The first-order valence-corrected chi connectivity index (χ1v) is 11.6. The summed E-state index contributed by atoms with van der Waals surface area (Å²) in [6.07, 6.45) is 0.595. The summed E-state index contributed by atoms with van der Waals surface area (Å²) in [6.45, 7) is 0.810. The third-order valence-electron chi connectivity index (χ3n) is 5.84. The van der Waals surface area contributed by atoms with Crippen LogP contribution in [-0.4, -0.2) is 44.7 Å². The molecule has 2 aliphatic heterocycles. The van der Waals surface area contributed by atoms with Crippen molar-refractivity contribution in [1.29, 1.82) is 0 Å². The third-order valence-corrected chi connectivity index (χ3v) is 7.59. The van der Waals surface area contributed by atoms with Crippen molar-refractivity contribution in [2.75, 3.05) is 25.3 Å². The minimum atomic E-state index is -2.99. The zero-order chi connectivity index (χ0) is 20.9. The van der Waals surface area contributed by atoms with Gasteiger partial charge in [0, 0.05) is 18.0 Å². The lowest BCUT2D eigenvalue weighted by atomic mass is 10.0. The zero-order valence-corrected chi connectivity index (χ0v) is 17.3. The van der Waals surface area contributed by atoms with Crippen LogP contribution in [0.4, 0.5) is 0 Å². The van der Waals surface area contributed by atoms with Gasteiger partial charge >= 0.3 is 5.63 Å². The number of methoxy groups -OCH3 is 1. The van der Waals surface area contributed by atoms with E-state index in [4.69, 9.17) is 13.9 Å². The molecule has 1 atom stereocenters. The second-order valence-electron chi connectivity index (χ2n) is 7.71. The van der Waals surface area contributed by atoms with Gasteiger partial charge in [-0.15, -0.1) is 0 Å².